The fraction of sp³-hybridized carbons (Fsp3) is 0.458. The van der Waals surface area contributed by atoms with Gasteiger partial charge in [-0.1, -0.05) is 43.5 Å². The van der Waals surface area contributed by atoms with Gasteiger partial charge in [-0.25, -0.2) is 4.79 Å². The number of nitrogens with zero attached hydrogens (tertiary/aromatic N) is 3. The fourth-order valence-corrected chi connectivity index (χ4v) is 4.15. The molecule has 166 valence electrons. The first-order chi connectivity index (χ1) is 14.9. The number of amides is 4. The molecular formula is C24H30ClN3O3. The number of imide groups is 2. The molecule has 1 aliphatic heterocycles. The zero-order valence-corrected chi connectivity index (χ0v) is 19.0. The van der Waals surface area contributed by atoms with Crippen LogP contribution >= 0.6 is 11.6 Å². The predicted octanol–water partition coefficient (Wildman–Crippen LogP) is 4.44. The van der Waals surface area contributed by atoms with Gasteiger partial charge in [0.25, 0.3) is 11.8 Å². The summed E-state index contributed by atoms with van der Waals surface area (Å²) in [6.07, 6.45) is 10.2. The normalized spacial score (nSPS) is 19.7. The molecule has 1 aliphatic carbocycles. The van der Waals surface area contributed by atoms with Gasteiger partial charge in [-0.3, -0.25) is 19.4 Å². The van der Waals surface area contributed by atoms with Crippen molar-refractivity contribution in [2.24, 2.45) is 0 Å². The van der Waals surface area contributed by atoms with Crippen molar-refractivity contribution in [1.82, 2.24) is 9.80 Å². The molecule has 3 rings (SSSR count). The van der Waals surface area contributed by atoms with Gasteiger partial charge in [0.15, 0.2) is 0 Å². The van der Waals surface area contributed by atoms with Crippen LogP contribution in [0.2, 0.25) is 0 Å². The first-order valence-corrected chi connectivity index (χ1v) is 11.4. The molecule has 0 atom stereocenters. The van der Waals surface area contributed by atoms with E-state index in [2.05, 4.69) is 0 Å². The van der Waals surface area contributed by atoms with Gasteiger partial charge in [-0.15, -0.1) is 11.6 Å². The number of hydrogen-bond acceptors (Lipinski definition) is 4. The molecule has 0 bridgehead atoms. The van der Waals surface area contributed by atoms with E-state index in [4.69, 9.17) is 11.6 Å². The molecule has 0 unspecified atom stereocenters. The maximum atomic E-state index is 13.2. The van der Waals surface area contributed by atoms with Gasteiger partial charge in [0.05, 0.1) is 0 Å². The smallest absolute Gasteiger partial charge is 0.334 e. The lowest BCUT2D eigenvalue weighted by atomic mass is 9.93. The number of alkyl halides is 1. The van der Waals surface area contributed by atoms with Gasteiger partial charge in [0.2, 0.25) is 0 Å². The highest BCUT2D eigenvalue weighted by Crippen LogP contribution is 2.28. The van der Waals surface area contributed by atoms with Gasteiger partial charge in [-0.2, -0.15) is 0 Å². The first-order valence-electron chi connectivity index (χ1n) is 10.8. The molecule has 0 aromatic heterocycles. The van der Waals surface area contributed by atoms with Gasteiger partial charge in [0, 0.05) is 38.2 Å². The summed E-state index contributed by atoms with van der Waals surface area (Å²) >= 11 is 5.79. The summed E-state index contributed by atoms with van der Waals surface area (Å²) in [5, 5.41) is 0. The van der Waals surface area contributed by atoms with Crippen LogP contribution in [0.5, 0.6) is 0 Å². The molecule has 2 fully saturated rings. The Morgan fingerprint density at radius 1 is 1.03 bits per heavy atom. The van der Waals surface area contributed by atoms with Gasteiger partial charge in [-0.05, 0) is 43.0 Å². The van der Waals surface area contributed by atoms with Crippen LogP contribution in [0.25, 0.3) is 6.08 Å². The number of allylic oxidation sites excluding steroid dienone is 2. The third-order valence-corrected chi connectivity index (χ3v) is 6.05. The van der Waals surface area contributed by atoms with Gasteiger partial charge < -0.3 is 4.90 Å². The minimum Gasteiger partial charge on any atom is -0.378 e. The Morgan fingerprint density at radius 2 is 1.71 bits per heavy atom. The molecular weight excluding hydrogens is 414 g/mol. The summed E-state index contributed by atoms with van der Waals surface area (Å²) in [5.74, 6) is -0.688. The molecule has 4 amide bonds. The Hall–Kier alpha value is -2.60. The fourth-order valence-electron chi connectivity index (χ4n) is 4.03. The van der Waals surface area contributed by atoms with E-state index >= 15 is 0 Å². The minimum absolute atomic E-state index is 0.0286. The molecule has 31 heavy (non-hydrogen) atoms. The summed E-state index contributed by atoms with van der Waals surface area (Å²) in [4.78, 5) is 43.6. The predicted molar refractivity (Wildman–Crippen MR) is 124 cm³/mol. The van der Waals surface area contributed by atoms with E-state index < -0.39 is 17.8 Å². The molecule has 1 heterocycles. The molecule has 1 saturated heterocycles. The highest BCUT2D eigenvalue weighted by atomic mass is 35.5. The Kier molecular flexibility index (Phi) is 7.91. The Bertz CT molecular complexity index is 871. The first kappa shape index (κ1) is 23.1. The standard InChI is InChI=1S/C24H30ClN3O3/c1-26(2)19-14-12-18(13-15-19)8-6-11-21-22(29)27(17-7-16-25)24(31)28(23(21)30)20-9-4-3-5-10-20/h6,8,11-15,20H,3-5,7,9-10,16-17H2,1-2H3/b8-6+,21-11-. The number of urea groups is 1. The van der Waals surface area contributed by atoms with Crippen molar-refractivity contribution >= 4 is 41.2 Å². The van der Waals surface area contributed by atoms with Crippen molar-refractivity contribution in [1.29, 1.82) is 0 Å². The lowest BCUT2D eigenvalue weighted by molar-refractivity contribution is -0.137. The van der Waals surface area contributed by atoms with E-state index in [0.717, 1.165) is 43.4 Å². The van der Waals surface area contributed by atoms with Crippen molar-refractivity contribution in [2.45, 2.75) is 44.6 Å². The summed E-state index contributed by atoms with van der Waals surface area (Å²) in [6, 6.07) is 7.29. The van der Waals surface area contributed by atoms with Crippen LogP contribution in [-0.2, 0) is 9.59 Å². The second-order valence-corrected chi connectivity index (χ2v) is 8.55. The lowest BCUT2D eigenvalue weighted by Crippen LogP contribution is -2.59. The molecule has 0 N–H and O–H groups in total. The highest BCUT2D eigenvalue weighted by molar-refractivity contribution is 6.29. The summed E-state index contributed by atoms with van der Waals surface area (Å²) in [7, 11) is 3.95. The quantitative estimate of drug-likeness (QED) is 0.355. The number of rotatable bonds is 7. The third-order valence-electron chi connectivity index (χ3n) is 5.78. The number of halogens is 1. The molecule has 6 nitrogen and oxygen atoms in total. The number of hydrogen-bond donors (Lipinski definition) is 0. The second kappa shape index (κ2) is 10.6. The molecule has 1 aromatic rings. The Labute approximate surface area is 189 Å². The van der Waals surface area contributed by atoms with Crippen LogP contribution in [0.15, 0.2) is 42.0 Å². The number of barbiturate groups is 1. The third kappa shape index (κ3) is 5.37. The lowest BCUT2D eigenvalue weighted by Gasteiger charge is -2.39. The Balaban J connectivity index is 1.85. The molecule has 7 heteroatoms. The van der Waals surface area contributed by atoms with Crippen molar-refractivity contribution in [2.75, 3.05) is 31.4 Å². The molecule has 1 aromatic carbocycles. The van der Waals surface area contributed by atoms with E-state index in [1.165, 1.54) is 15.9 Å². The largest absolute Gasteiger partial charge is 0.378 e. The maximum Gasteiger partial charge on any atom is 0.334 e. The molecule has 2 aliphatic rings. The number of carbonyl (C=O) groups is 3. The summed E-state index contributed by atoms with van der Waals surface area (Å²) in [5.41, 5.74) is 2.07. The van der Waals surface area contributed by atoms with Crippen molar-refractivity contribution < 1.29 is 14.4 Å². The van der Waals surface area contributed by atoms with Crippen LogP contribution in [0, 0.1) is 0 Å². The summed E-state index contributed by atoms with van der Waals surface area (Å²) < 4.78 is 0. The topological polar surface area (TPSA) is 60.9 Å². The second-order valence-electron chi connectivity index (χ2n) is 8.17. The van der Waals surface area contributed by atoms with Crippen molar-refractivity contribution in [3.8, 4) is 0 Å². The van der Waals surface area contributed by atoms with Gasteiger partial charge >= 0.3 is 6.03 Å². The zero-order chi connectivity index (χ0) is 22.4. The average Bonchev–Trinajstić information content (AvgIpc) is 2.77. The number of anilines is 1. The SMILES string of the molecule is CN(C)c1ccc(/C=C/C=C2/C(=O)N(CCCCl)C(=O)N(C3CCCCC3)C2=O)cc1. The van der Waals surface area contributed by atoms with E-state index in [9.17, 15) is 14.4 Å². The van der Waals surface area contributed by atoms with E-state index in [0.29, 0.717) is 12.3 Å². The van der Waals surface area contributed by atoms with Crippen LogP contribution in [0.3, 0.4) is 0 Å². The summed E-state index contributed by atoms with van der Waals surface area (Å²) in [6.45, 7) is 0.213. The van der Waals surface area contributed by atoms with Crippen LogP contribution in [0.4, 0.5) is 10.5 Å². The number of benzene rings is 1. The van der Waals surface area contributed by atoms with Crippen molar-refractivity contribution in [3.63, 3.8) is 0 Å². The van der Waals surface area contributed by atoms with E-state index in [-0.39, 0.29) is 18.2 Å². The van der Waals surface area contributed by atoms with Gasteiger partial charge in [0.1, 0.15) is 5.57 Å². The maximum absolute atomic E-state index is 13.2. The molecule has 1 saturated carbocycles. The van der Waals surface area contributed by atoms with Crippen molar-refractivity contribution in [3.05, 3.63) is 47.6 Å². The molecule has 0 radical (unpaired) electrons. The molecule has 0 spiro atoms. The highest BCUT2D eigenvalue weighted by Gasteiger charge is 2.44. The van der Waals surface area contributed by atoms with E-state index in [1.54, 1.807) is 6.08 Å². The minimum atomic E-state index is -0.542. The Morgan fingerprint density at radius 3 is 2.32 bits per heavy atom. The monoisotopic (exact) mass is 443 g/mol. The van der Waals surface area contributed by atoms with E-state index in [1.807, 2.05) is 49.3 Å². The van der Waals surface area contributed by atoms with Crippen LogP contribution < -0.4 is 4.90 Å². The van der Waals surface area contributed by atoms with Crippen LogP contribution in [0.1, 0.15) is 44.1 Å². The average molecular weight is 444 g/mol. The van der Waals surface area contributed by atoms with Crippen LogP contribution in [-0.4, -0.2) is 60.2 Å². The zero-order valence-electron chi connectivity index (χ0n) is 18.2. The number of carbonyl (C=O) groups excluding carboxylic acids is 3.